The molecule has 1 heterocycles. The van der Waals surface area contributed by atoms with Gasteiger partial charge in [-0.2, -0.15) is 0 Å². The van der Waals surface area contributed by atoms with Crippen molar-refractivity contribution in [1.29, 1.82) is 0 Å². The average Bonchev–Trinajstić information content (AvgIpc) is 2.39. The summed E-state index contributed by atoms with van der Waals surface area (Å²) in [6.45, 7) is 1.69. The monoisotopic (exact) mass is 330 g/mol. The third kappa shape index (κ3) is 3.68. The highest BCUT2D eigenvalue weighted by molar-refractivity contribution is 6.34. The largest absolute Gasteiger partial charge is 0.323 e. The summed E-state index contributed by atoms with van der Waals surface area (Å²) < 4.78 is 26.6. The van der Waals surface area contributed by atoms with Crippen molar-refractivity contribution in [3.05, 3.63) is 57.3 Å². The van der Waals surface area contributed by atoms with Gasteiger partial charge in [-0.1, -0.05) is 35.3 Å². The quantitative estimate of drug-likeness (QED) is 0.859. The van der Waals surface area contributed by atoms with Gasteiger partial charge in [0.2, 0.25) is 5.91 Å². The number of carbonyl (C=O) groups is 1. The topological polar surface area (TPSA) is 42.0 Å². The molecule has 110 valence electrons. The number of hydrogen-bond acceptors (Lipinski definition) is 2. The third-order valence-corrected chi connectivity index (χ3v) is 3.26. The molecule has 0 radical (unpaired) electrons. The van der Waals surface area contributed by atoms with Crippen molar-refractivity contribution in [2.45, 2.75) is 13.3 Å². The van der Waals surface area contributed by atoms with E-state index in [1.807, 2.05) is 0 Å². The molecule has 1 N–H and O–H groups in total. The van der Waals surface area contributed by atoms with E-state index >= 15 is 0 Å². The summed E-state index contributed by atoms with van der Waals surface area (Å²) in [4.78, 5) is 15.7. The third-order valence-electron chi connectivity index (χ3n) is 2.79. The second kappa shape index (κ2) is 6.37. The number of nitrogens with zero attached hydrogens (tertiary/aromatic N) is 1. The molecule has 0 aliphatic rings. The summed E-state index contributed by atoms with van der Waals surface area (Å²) in [5.74, 6) is -2.57. The van der Waals surface area contributed by atoms with Gasteiger partial charge in [-0.15, -0.1) is 0 Å². The predicted molar refractivity (Wildman–Crippen MR) is 77.7 cm³/mol. The van der Waals surface area contributed by atoms with Crippen LogP contribution in [0.25, 0.3) is 0 Å². The average molecular weight is 331 g/mol. The Morgan fingerprint density at radius 1 is 1.33 bits per heavy atom. The first-order chi connectivity index (χ1) is 9.88. The summed E-state index contributed by atoms with van der Waals surface area (Å²) in [7, 11) is 0. The number of aromatic nitrogens is 1. The Kier molecular flexibility index (Phi) is 4.75. The maximum Gasteiger partial charge on any atom is 0.228 e. The molecule has 2 rings (SSSR count). The molecule has 1 amide bonds. The van der Waals surface area contributed by atoms with E-state index in [1.54, 1.807) is 6.92 Å². The van der Waals surface area contributed by atoms with Crippen molar-refractivity contribution >= 4 is 34.8 Å². The molecule has 0 atom stereocenters. The second-order valence-electron chi connectivity index (χ2n) is 4.37. The van der Waals surface area contributed by atoms with Gasteiger partial charge in [0, 0.05) is 5.56 Å². The van der Waals surface area contributed by atoms with E-state index in [4.69, 9.17) is 23.2 Å². The lowest BCUT2D eigenvalue weighted by Crippen LogP contribution is -2.17. The Balaban J connectivity index is 2.18. The first-order valence-electron chi connectivity index (χ1n) is 5.94. The van der Waals surface area contributed by atoms with Crippen LogP contribution in [0, 0.1) is 18.6 Å². The maximum atomic E-state index is 13.5. The smallest absolute Gasteiger partial charge is 0.228 e. The fourth-order valence-corrected chi connectivity index (χ4v) is 2.37. The summed E-state index contributed by atoms with van der Waals surface area (Å²) in [5.41, 5.74) is 0.874. The van der Waals surface area contributed by atoms with Crippen molar-refractivity contribution in [3.63, 3.8) is 0 Å². The van der Waals surface area contributed by atoms with E-state index in [0.29, 0.717) is 11.3 Å². The van der Waals surface area contributed by atoms with Gasteiger partial charge < -0.3 is 5.32 Å². The van der Waals surface area contributed by atoms with Gasteiger partial charge in [-0.25, -0.2) is 13.8 Å². The number of anilines is 1. The van der Waals surface area contributed by atoms with Crippen LogP contribution < -0.4 is 5.32 Å². The lowest BCUT2D eigenvalue weighted by Gasteiger charge is -2.10. The molecular formula is C14H10Cl2F2N2O. The van der Waals surface area contributed by atoms with Crippen LogP contribution in [-0.2, 0) is 11.2 Å². The van der Waals surface area contributed by atoms with Crippen LogP contribution in [0.5, 0.6) is 0 Å². The number of carbonyl (C=O) groups excluding carboxylic acids is 1. The summed E-state index contributed by atoms with van der Waals surface area (Å²) in [6.07, 6.45) is -0.317. The molecule has 0 unspecified atom stereocenters. The first kappa shape index (κ1) is 15.7. The van der Waals surface area contributed by atoms with Gasteiger partial charge in [0.1, 0.15) is 5.15 Å². The molecule has 2 aromatic rings. The van der Waals surface area contributed by atoms with Crippen LogP contribution in [0.15, 0.2) is 24.3 Å². The molecule has 7 heteroatoms. The Morgan fingerprint density at radius 3 is 2.71 bits per heavy atom. The Hall–Kier alpha value is -1.72. The summed E-state index contributed by atoms with van der Waals surface area (Å²) in [6, 6.07) is 5.20. The Morgan fingerprint density at radius 2 is 2.05 bits per heavy atom. The summed E-state index contributed by atoms with van der Waals surface area (Å²) >= 11 is 11.6. The van der Waals surface area contributed by atoms with Crippen LogP contribution in [0.4, 0.5) is 14.5 Å². The number of pyridine rings is 1. The normalized spacial score (nSPS) is 10.5. The zero-order valence-electron chi connectivity index (χ0n) is 10.9. The van der Waals surface area contributed by atoms with Gasteiger partial charge in [-0.05, 0) is 24.6 Å². The van der Waals surface area contributed by atoms with E-state index in [2.05, 4.69) is 10.3 Å². The molecule has 0 aliphatic carbocycles. The standard InChI is InChI=1S/C14H10Cl2F2N2O/c1-7-5-10(15)19-14(16)13(7)20-11(21)6-8-3-2-4-9(17)12(8)18/h2-5H,6H2,1H3,(H,20,21). The minimum atomic E-state index is -1.04. The SMILES string of the molecule is Cc1cc(Cl)nc(Cl)c1NC(=O)Cc1cccc(F)c1F. The molecule has 1 aromatic heterocycles. The lowest BCUT2D eigenvalue weighted by molar-refractivity contribution is -0.115. The van der Waals surface area contributed by atoms with Crippen molar-refractivity contribution in [3.8, 4) is 0 Å². The molecule has 0 saturated heterocycles. The number of benzene rings is 1. The van der Waals surface area contributed by atoms with E-state index in [0.717, 1.165) is 6.07 Å². The Bertz CT molecular complexity index is 684. The molecule has 3 nitrogen and oxygen atoms in total. The van der Waals surface area contributed by atoms with Crippen LogP contribution in [-0.4, -0.2) is 10.9 Å². The number of nitrogens with one attached hydrogen (secondary N) is 1. The van der Waals surface area contributed by atoms with E-state index < -0.39 is 17.5 Å². The van der Waals surface area contributed by atoms with Gasteiger partial charge >= 0.3 is 0 Å². The van der Waals surface area contributed by atoms with Gasteiger partial charge in [0.15, 0.2) is 16.8 Å². The zero-order valence-corrected chi connectivity index (χ0v) is 12.4. The molecular weight excluding hydrogens is 321 g/mol. The van der Waals surface area contributed by atoms with Crippen LogP contribution in [0.1, 0.15) is 11.1 Å². The van der Waals surface area contributed by atoms with E-state index in [9.17, 15) is 13.6 Å². The van der Waals surface area contributed by atoms with Crippen molar-refractivity contribution in [2.24, 2.45) is 0 Å². The highest BCUT2D eigenvalue weighted by atomic mass is 35.5. The first-order valence-corrected chi connectivity index (χ1v) is 6.69. The van der Waals surface area contributed by atoms with Gasteiger partial charge in [0.25, 0.3) is 0 Å². The van der Waals surface area contributed by atoms with Crippen LogP contribution in [0.3, 0.4) is 0 Å². The number of hydrogen-bond donors (Lipinski definition) is 1. The van der Waals surface area contributed by atoms with E-state index in [-0.39, 0.29) is 22.3 Å². The highest BCUT2D eigenvalue weighted by Crippen LogP contribution is 2.26. The minimum Gasteiger partial charge on any atom is -0.323 e. The molecule has 0 fully saturated rings. The molecule has 21 heavy (non-hydrogen) atoms. The molecule has 0 aliphatic heterocycles. The zero-order chi connectivity index (χ0) is 15.6. The van der Waals surface area contributed by atoms with Gasteiger partial charge in [0.05, 0.1) is 12.1 Å². The predicted octanol–water partition coefficient (Wildman–Crippen LogP) is 4.16. The number of aryl methyl sites for hydroxylation is 1. The minimum absolute atomic E-state index is 0.0352. The molecule has 0 bridgehead atoms. The maximum absolute atomic E-state index is 13.5. The van der Waals surface area contributed by atoms with Crippen LogP contribution in [0.2, 0.25) is 10.3 Å². The van der Waals surface area contributed by atoms with Crippen LogP contribution >= 0.6 is 23.2 Å². The fraction of sp³-hybridized carbons (Fsp3) is 0.143. The van der Waals surface area contributed by atoms with Crippen molar-refractivity contribution in [1.82, 2.24) is 4.98 Å². The number of halogens is 4. The fourth-order valence-electron chi connectivity index (χ4n) is 1.79. The molecule has 0 saturated carbocycles. The van der Waals surface area contributed by atoms with E-state index in [1.165, 1.54) is 18.2 Å². The Labute approximate surface area is 129 Å². The van der Waals surface area contributed by atoms with Gasteiger partial charge in [-0.3, -0.25) is 4.79 Å². The summed E-state index contributed by atoms with van der Waals surface area (Å²) in [5, 5.41) is 2.76. The second-order valence-corrected chi connectivity index (χ2v) is 5.11. The number of rotatable bonds is 3. The van der Waals surface area contributed by atoms with Crippen molar-refractivity contribution < 1.29 is 13.6 Å². The molecule has 0 spiro atoms. The molecule has 1 aromatic carbocycles. The lowest BCUT2D eigenvalue weighted by atomic mass is 10.1. The number of amides is 1. The highest BCUT2D eigenvalue weighted by Gasteiger charge is 2.15. The van der Waals surface area contributed by atoms with Crippen molar-refractivity contribution in [2.75, 3.05) is 5.32 Å².